The molecule has 1 atom stereocenters. The van der Waals surface area contributed by atoms with Gasteiger partial charge in [-0.2, -0.15) is 5.26 Å². The van der Waals surface area contributed by atoms with Gasteiger partial charge in [-0.15, -0.1) is 0 Å². The minimum atomic E-state index is -0.999. The summed E-state index contributed by atoms with van der Waals surface area (Å²) in [5, 5.41) is 17.7. The molecule has 18 heavy (non-hydrogen) atoms. The van der Waals surface area contributed by atoms with Crippen molar-refractivity contribution in [2.75, 3.05) is 17.2 Å². The third kappa shape index (κ3) is 1.98. The Morgan fingerprint density at radius 1 is 1.56 bits per heavy atom. The lowest BCUT2D eigenvalue weighted by Crippen LogP contribution is -2.26. The van der Waals surface area contributed by atoms with Crippen LogP contribution in [0.25, 0.3) is 0 Å². The first-order valence-corrected chi connectivity index (χ1v) is 5.35. The summed E-state index contributed by atoms with van der Waals surface area (Å²) in [6.07, 6.45) is -0.0362. The number of rotatable bonds is 2. The molecule has 0 aliphatic carbocycles. The molecule has 1 aromatic rings. The van der Waals surface area contributed by atoms with Crippen molar-refractivity contribution in [1.82, 2.24) is 0 Å². The summed E-state index contributed by atoms with van der Waals surface area (Å²) >= 11 is 0. The van der Waals surface area contributed by atoms with Crippen molar-refractivity contribution in [3.63, 3.8) is 0 Å². The SMILES string of the molecule is N#Cc1ccc(N)c(N2CC(C(=O)O)CC2=O)c1. The van der Waals surface area contributed by atoms with Crippen LogP contribution in [0.5, 0.6) is 0 Å². The Labute approximate surface area is 103 Å². The molecule has 1 aliphatic rings. The fraction of sp³-hybridized carbons (Fsp3) is 0.250. The van der Waals surface area contributed by atoms with E-state index in [1.165, 1.54) is 17.0 Å². The molecule has 0 bridgehead atoms. The molecule has 6 heteroatoms. The highest BCUT2D eigenvalue weighted by Crippen LogP contribution is 2.30. The highest BCUT2D eigenvalue weighted by Gasteiger charge is 2.35. The number of benzene rings is 1. The van der Waals surface area contributed by atoms with Gasteiger partial charge in [0.15, 0.2) is 0 Å². The van der Waals surface area contributed by atoms with Crippen molar-refractivity contribution in [3.05, 3.63) is 23.8 Å². The predicted molar refractivity (Wildman–Crippen MR) is 63.7 cm³/mol. The molecular weight excluding hydrogens is 234 g/mol. The average molecular weight is 245 g/mol. The normalized spacial score (nSPS) is 18.7. The van der Waals surface area contributed by atoms with Crippen LogP contribution in [0.1, 0.15) is 12.0 Å². The number of carboxylic acid groups (broad SMARTS) is 1. The zero-order valence-electron chi connectivity index (χ0n) is 9.46. The van der Waals surface area contributed by atoms with Crippen LogP contribution in [0, 0.1) is 17.2 Å². The van der Waals surface area contributed by atoms with Gasteiger partial charge in [0.2, 0.25) is 5.91 Å². The van der Waals surface area contributed by atoms with E-state index < -0.39 is 11.9 Å². The topological polar surface area (TPSA) is 107 Å². The van der Waals surface area contributed by atoms with E-state index in [4.69, 9.17) is 16.1 Å². The van der Waals surface area contributed by atoms with E-state index in [0.29, 0.717) is 16.9 Å². The predicted octanol–water partition coefficient (Wildman–Crippen LogP) is 0.578. The van der Waals surface area contributed by atoms with Crippen LogP contribution in [-0.2, 0) is 9.59 Å². The number of carbonyl (C=O) groups is 2. The number of hydrogen-bond donors (Lipinski definition) is 2. The first-order chi connectivity index (χ1) is 8.52. The van der Waals surface area contributed by atoms with Crippen LogP contribution in [0.3, 0.4) is 0 Å². The summed E-state index contributed by atoms with van der Waals surface area (Å²) < 4.78 is 0. The van der Waals surface area contributed by atoms with Crippen molar-refractivity contribution < 1.29 is 14.7 Å². The maximum atomic E-state index is 11.8. The van der Waals surface area contributed by atoms with Crippen LogP contribution in [0.4, 0.5) is 11.4 Å². The Kier molecular flexibility index (Phi) is 2.90. The van der Waals surface area contributed by atoms with Gasteiger partial charge < -0.3 is 15.7 Å². The smallest absolute Gasteiger partial charge is 0.308 e. The van der Waals surface area contributed by atoms with E-state index in [1.807, 2.05) is 6.07 Å². The second kappa shape index (κ2) is 4.37. The third-order valence-corrected chi connectivity index (χ3v) is 2.92. The first kappa shape index (κ1) is 11.9. The summed E-state index contributed by atoms with van der Waals surface area (Å²) in [5.41, 5.74) is 6.90. The molecule has 1 aromatic carbocycles. The van der Waals surface area contributed by atoms with E-state index >= 15 is 0 Å². The molecule has 1 aliphatic heterocycles. The largest absolute Gasteiger partial charge is 0.481 e. The molecule has 0 radical (unpaired) electrons. The Bertz CT molecular complexity index is 562. The Morgan fingerprint density at radius 3 is 2.83 bits per heavy atom. The van der Waals surface area contributed by atoms with E-state index in [-0.39, 0.29) is 18.9 Å². The summed E-state index contributed by atoms with van der Waals surface area (Å²) in [4.78, 5) is 24.0. The number of nitrogen functional groups attached to an aromatic ring is 1. The number of amides is 1. The summed E-state index contributed by atoms with van der Waals surface area (Å²) in [5.74, 6) is -2.01. The second-order valence-electron chi connectivity index (χ2n) is 4.13. The monoisotopic (exact) mass is 245 g/mol. The van der Waals surface area contributed by atoms with Gasteiger partial charge in [-0.3, -0.25) is 9.59 Å². The molecule has 1 heterocycles. The maximum Gasteiger partial charge on any atom is 0.308 e. The minimum absolute atomic E-state index is 0.0362. The third-order valence-electron chi connectivity index (χ3n) is 2.92. The van der Waals surface area contributed by atoms with Crippen LogP contribution in [-0.4, -0.2) is 23.5 Å². The number of nitrogens with zero attached hydrogens (tertiary/aromatic N) is 2. The Balaban J connectivity index is 2.35. The fourth-order valence-corrected chi connectivity index (χ4v) is 1.95. The molecule has 2 rings (SSSR count). The van der Waals surface area contributed by atoms with Gasteiger partial charge in [0.1, 0.15) is 0 Å². The quantitative estimate of drug-likeness (QED) is 0.741. The van der Waals surface area contributed by atoms with Crippen molar-refractivity contribution >= 4 is 23.3 Å². The minimum Gasteiger partial charge on any atom is -0.481 e. The van der Waals surface area contributed by atoms with Gasteiger partial charge in [-0.25, -0.2) is 0 Å². The zero-order chi connectivity index (χ0) is 13.3. The summed E-state index contributed by atoms with van der Waals surface area (Å²) in [7, 11) is 0. The molecule has 1 fully saturated rings. The van der Waals surface area contributed by atoms with Gasteiger partial charge in [-0.1, -0.05) is 0 Å². The maximum absolute atomic E-state index is 11.8. The van der Waals surface area contributed by atoms with Gasteiger partial charge in [-0.05, 0) is 18.2 Å². The lowest BCUT2D eigenvalue weighted by atomic mass is 10.1. The number of carbonyl (C=O) groups excluding carboxylic acids is 1. The molecule has 6 nitrogen and oxygen atoms in total. The highest BCUT2D eigenvalue weighted by molar-refractivity contribution is 6.01. The molecule has 1 amide bonds. The molecule has 92 valence electrons. The van der Waals surface area contributed by atoms with Gasteiger partial charge in [0.05, 0.1) is 28.9 Å². The molecule has 3 N–H and O–H groups in total. The van der Waals surface area contributed by atoms with Crippen LogP contribution >= 0.6 is 0 Å². The number of hydrogen-bond acceptors (Lipinski definition) is 4. The standard InChI is InChI=1S/C12H11N3O3/c13-5-7-1-2-9(14)10(3-7)15-6-8(12(17)18)4-11(15)16/h1-3,8H,4,6,14H2,(H,17,18). The molecule has 1 unspecified atom stereocenters. The number of nitrogens with two attached hydrogens (primary N) is 1. The molecule has 0 aromatic heterocycles. The van der Waals surface area contributed by atoms with E-state index in [2.05, 4.69) is 0 Å². The summed E-state index contributed by atoms with van der Waals surface area (Å²) in [6.45, 7) is 0.0905. The van der Waals surface area contributed by atoms with Gasteiger partial charge in [0, 0.05) is 13.0 Å². The van der Waals surface area contributed by atoms with E-state index in [9.17, 15) is 9.59 Å². The zero-order valence-corrected chi connectivity index (χ0v) is 9.46. The van der Waals surface area contributed by atoms with Gasteiger partial charge in [0.25, 0.3) is 0 Å². The average Bonchev–Trinajstić information content (AvgIpc) is 2.72. The van der Waals surface area contributed by atoms with Crippen LogP contribution in [0.15, 0.2) is 18.2 Å². The van der Waals surface area contributed by atoms with Crippen LogP contribution < -0.4 is 10.6 Å². The Morgan fingerprint density at radius 2 is 2.28 bits per heavy atom. The van der Waals surface area contributed by atoms with E-state index in [0.717, 1.165) is 0 Å². The molecule has 1 saturated heterocycles. The number of anilines is 2. The van der Waals surface area contributed by atoms with Crippen molar-refractivity contribution in [2.24, 2.45) is 5.92 Å². The molecule has 0 spiro atoms. The second-order valence-corrected chi connectivity index (χ2v) is 4.13. The first-order valence-electron chi connectivity index (χ1n) is 5.35. The van der Waals surface area contributed by atoms with Crippen LogP contribution in [0.2, 0.25) is 0 Å². The number of nitriles is 1. The fourth-order valence-electron chi connectivity index (χ4n) is 1.95. The van der Waals surface area contributed by atoms with Crippen molar-refractivity contribution in [3.8, 4) is 6.07 Å². The van der Waals surface area contributed by atoms with Crippen molar-refractivity contribution in [1.29, 1.82) is 5.26 Å². The lowest BCUT2D eigenvalue weighted by molar-refractivity contribution is -0.141. The van der Waals surface area contributed by atoms with E-state index in [1.54, 1.807) is 6.07 Å². The summed E-state index contributed by atoms with van der Waals surface area (Å²) in [6, 6.07) is 6.54. The molecular formula is C12H11N3O3. The molecule has 0 saturated carbocycles. The van der Waals surface area contributed by atoms with Gasteiger partial charge >= 0.3 is 5.97 Å². The van der Waals surface area contributed by atoms with Crippen molar-refractivity contribution in [2.45, 2.75) is 6.42 Å². The lowest BCUT2D eigenvalue weighted by Gasteiger charge is -2.18. The highest BCUT2D eigenvalue weighted by atomic mass is 16.4. The number of carboxylic acids is 1. The number of aliphatic carboxylic acids is 1. The Hall–Kier alpha value is -2.55.